The third kappa shape index (κ3) is 1.43. The zero-order valence-electron chi connectivity index (χ0n) is 6.99. The highest BCUT2D eigenvalue weighted by Gasteiger charge is 2.51. The van der Waals surface area contributed by atoms with Gasteiger partial charge in [0, 0.05) is 31.5 Å². The molecule has 0 aliphatic carbocycles. The molecule has 1 amide bonds. The first-order valence-corrected chi connectivity index (χ1v) is 5.46. The molecule has 2 fully saturated rings. The van der Waals surface area contributed by atoms with E-state index in [2.05, 4.69) is 5.32 Å². The van der Waals surface area contributed by atoms with Crippen LogP contribution in [0.25, 0.3) is 0 Å². The zero-order chi connectivity index (χ0) is 9.69. The normalized spacial score (nSPS) is 27.3. The van der Waals surface area contributed by atoms with E-state index in [1.807, 2.05) is 0 Å². The Labute approximate surface area is 76.3 Å². The number of nitrogens with zero attached hydrogens (tertiary/aromatic N) is 1. The van der Waals surface area contributed by atoms with Gasteiger partial charge in [0.05, 0.1) is 0 Å². The molecule has 3 N–H and O–H groups in total. The Morgan fingerprint density at radius 1 is 1.46 bits per heavy atom. The van der Waals surface area contributed by atoms with Crippen molar-refractivity contribution in [3.8, 4) is 0 Å². The minimum absolute atomic E-state index is 0.00549. The van der Waals surface area contributed by atoms with Gasteiger partial charge in [0.25, 0.3) is 10.2 Å². The zero-order valence-corrected chi connectivity index (χ0v) is 7.80. The molecular weight excluding hydrogens is 194 g/mol. The van der Waals surface area contributed by atoms with Crippen LogP contribution in [0.4, 0.5) is 0 Å². The Hall–Kier alpha value is -0.660. The first-order valence-electron chi connectivity index (χ1n) is 3.96. The van der Waals surface area contributed by atoms with Gasteiger partial charge in [-0.1, -0.05) is 0 Å². The van der Waals surface area contributed by atoms with Crippen molar-refractivity contribution in [1.82, 2.24) is 9.62 Å². The quantitative estimate of drug-likeness (QED) is 0.519. The molecule has 2 aliphatic rings. The molecule has 13 heavy (non-hydrogen) atoms. The molecule has 2 rings (SSSR count). The maximum atomic E-state index is 10.9. The lowest BCUT2D eigenvalue weighted by atomic mass is 9.81. The summed E-state index contributed by atoms with van der Waals surface area (Å²) in [7, 11) is -3.55. The van der Waals surface area contributed by atoms with Crippen LogP contribution in [0.3, 0.4) is 0 Å². The molecule has 0 saturated carbocycles. The van der Waals surface area contributed by atoms with Crippen molar-refractivity contribution >= 4 is 16.1 Å². The molecule has 6 nitrogen and oxygen atoms in total. The summed E-state index contributed by atoms with van der Waals surface area (Å²) < 4.78 is 22.9. The maximum absolute atomic E-state index is 10.9. The number of hydrogen-bond donors (Lipinski definition) is 2. The average molecular weight is 205 g/mol. The number of rotatable bonds is 1. The van der Waals surface area contributed by atoms with Gasteiger partial charge >= 0.3 is 0 Å². The van der Waals surface area contributed by atoms with E-state index in [1.165, 1.54) is 4.31 Å². The van der Waals surface area contributed by atoms with E-state index in [0.717, 1.165) is 0 Å². The van der Waals surface area contributed by atoms with E-state index in [1.54, 1.807) is 0 Å². The number of hydrogen-bond acceptors (Lipinski definition) is 3. The summed E-state index contributed by atoms with van der Waals surface area (Å²) in [5.74, 6) is -0.00549. The van der Waals surface area contributed by atoms with Gasteiger partial charge in [0.15, 0.2) is 0 Å². The van der Waals surface area contributed by atoms with Crippen molar-refractivity contribution < 1.29 is 13.2 Å². The fourth-order valence-corrected chi connectivity index (χ4v) is 2.76. The van der Waals surface area contributed by atoms with Gasteiger partial charge in [0.2, 0.25) is 5.91 Å². The van der Waals surface area contributed by atoms with E-state index in [0.29, 0.717) is 26.1 Å². The van der Waals surface area contributed by atoms with Crippen LogP contribution < -0.4 is 10.5 Å². The van der Waals surface area contributed by atoms with Gasteiger partial charge < -0.3 is 5.32 Å². The van der Waals surface area contributed by atoms with Crippen LogP contribution in [-0.4, -0.2) is 38.3 Å². The molecular formula is C6H11N3O3S. The summed E-state index contributed by atoms with van der Waals surface area (Å²) in [5, 5.41) is 7.60. The van der Waals surface area contributed by atoms with Gasteiger partial charge in [-0.15, -0.1) is 0 Å². The van der Waals surface area contributed by atoms with Crippen molar-refractivity contribution in [3.05, 3.63) is 0 Å². The SMILES string of the molecule is NS(=O)(=O)N1CC2(CNC(=O)C2)C1. The largest absolute Gasteiger partial charge is 0.355 e. The van der Waals surface area contributed by atoms with Crippen LogP contribution in [0.2, 0.25) is 0 Å². The van der Waals surface area contributed by atoms with Gasteiger partial charge in [-0.2, -0.15) is 12.7 Å². The van der Waals surface area contributed by atoms with Gasteiger partial charge in [-0.25, -0.2) is 5.14 Å². The van der Waals surface area contributed by atoms with Crippen LogP contribution in [0.15, 0.2) is 0 Å². The Morgan fingerprint density at radius 3 is 2.46 bits per heavy atom. The molecule has 7 heteroatoms. The Kier molecular flexibility index (Phi) is 1.67. The smallest absolute Gasteiger partial charge is 0.276 e. The molecule has 2 heterocycles. The second-order valence-corrected chi connectivity index (χ2v) is 5.31. The lowest BCUT2D eigenvalue weighted by Gasteiger charge is -2.44. The monoisotopic (exact) mass is 205 g/mol. The predicted molar refractivity (Wildman–Crippen MR) is 44.7 cm³/mol. The summed E-state index contributed by atoms with van der Waals surface area (Å²) in [5.41, 5.74) is -0.177. The van der Waals surface area contributed by atoms with E-state index < -0.39 is 10.2 Å². The summed E-state index contributed by atoms with van der Waals surface area (Å²) in [4.78, 5) is 10.9. The van der Waals surface area contributed by atoms with E-state index in [-0.39, 0.29) is 11.3 Å². The highest BCUT2D eigenvalue weighted by Crippen LogP contribution is 2.37. The average Bonchev–Trinajstić information content (AvgIpc) is 2.25. The molecule has 0 aromatic heterocycles. The predicted octanol–water partition coefficient (Wildman–Crippen LogP) is -1.99. The number of nitrogens with two attached hydrogens (primary N) is 1. The van der Waals surface area contributed by atoms with E-state index in [9.17, 15) is 13.2 Å². The minimum Gasteiger partial charge on any atom is -0.355 e. The van der Waals surface area contributed by atoms with Gasteiger partial charge in [-0.3, -0.25) is 4.79 Å². The summed E-state index contributed by atoms with van der Waals surface area (Å²) >= 11 is 0. The van der Waals surface area contributed by atoms with Crippen molar-refractivity contribution in [2.24, 2.45) is 10.6 Å². The van der Waals surface area contributed by atoms with Crippen molar-refractivity contribution in [1.29, 1.82) is 0 Å². The lowest BCUT2D eigenvalue weighted by Crippen LogP contribution is -2.60. The standard InChI is InChI=1S/C6H11N3O3S/c7-13(11,12)9-3-6(4-9)1-5(10)8-2-6/h1-4H2,(H,8,10)(H2,7,11,12). The molecule has 74 valence electrons. The Balaban J connectivity index is 2.02. The molecule has 0 aromatic carbocycles. The molecule has 2 aliphatic heterocycles. The van der Waals surface area contributed by atoms with Gasteiger partial charge in [0.1, 0.15) is 0 Å². The molecule has 0 aromatic rings. The van der Waals surface area contributed by atoms with E-state index in [4.69, 9.17) is 5.14 Å². The third-order valence-corrected chi connectivity index (χ3v) is 3.56. The van der Waals surface area contributed by atoms with E-state index >= 15 is 0 Å². The summed E-state index contributed by atoms with van der Waals surface area (Å²) in [6.45, 7) is 1.30. The Morgan fingerprint density at radius 2 is 2.08 bits per heavy atom. The van der Waals surface area contributed by atoms with Crippen LogP contribution in [0, 0.1) is 5.41 Å². The Bertz CT molecular complexity index is 344. The summed E-state index contributed by atoms with van der Waals surface area (Å²) in [6.07, 6.45) is 0.416. The maximum Gasteiger partial charge on any atom is 0.276 e. The second kappa shape index (κ2) is 2.43. The van der Waals surface area contributed by atoms with Crippen molar-refractivity contribution in [2.45, 2.75) is 6.42 Å². The highest BCUT2D eigenvalue weighted by molar-refractivity contribution is 7.86. The molecule has 0 unspecified atom stereocenters. The van der Waals surface area contributed by atoms with Crippen LogP contribution >= 0.6 is 0 Å². The molecule has 0 atom stereocenters. The van der Waals surface area contributed by atoms with Crippen molar-refractivity contribution in [3.63, 3.8) is 0 Å². The molecule has 0 bridgehead atoms. The number of amides is 1. The minimum atomic E-state index is -3.55. The fraction of sp³-hybridized carbons (Fsp3) is 0.833. The first kappa shape index (κ1) is 8.92. The van der Waals surface area contributed by atoms with Crippen LogP contribution in [0.1, 0.15) is 6.42 Å². The molecule has 1 spiro atoms. The molecule has 0 radical (unpaired) electrons. The third-order valence-electron chi connectivity index (χ3n) is 2.58. The second-order valence-electron chi connectivity index (χ2n) is 3.77. The summed E-state index contributed by atoms with van der Waals surface area (Å²) in [6, 6.07) is 0. The number of carbonyl (C=O) groups excluding carboxylic acids is 1. The van der Waals surface area contributed by atoms with Crippen molar-refractivity contribution in [2.75, 3.05) is 19.6 Å². The fourth-order valence-electron chi connectivity index (χ4n) is 1.86. The van der Waals surface area contributed by atoms with Gasteiger partial charge in [-0.05, 0) is 0 Å². The first-order chi connectivity index (χ1) is 5.91. The lowest BCUT2D eigenvalue weighted by molar-refractivity contribution is -0.120. The number of nitrogens with one attached hydrogen (secondary N) is 1. The topological polar surface area (TPSA) is 92.5 Å². The molecule has 2 saturated heterocycles. The van der Waals surface area contributed by atoms with Crippen LogP contribution in [0.5, 0.6) is 0 Å². The number of carbonyl (C=O) groups is 1. The highest BCUT2D eigenvalue weighted by atomic mass is 32.2. The van der Waals surface area contributed by atoms with Crippen LogP contribution in [-0.2, 0) is 15.0 Å².